The normalized spacial score (nSPS) is 10.4. The van der Waals surface area contributed by atoms with Crippen LogP contribution in [-0.2, 0) is 6.42 Å². The summed E-state index contributed by atoms with van der Waals surface area (Å²) in [6.07, 6.45) is 5.45. The fourth-order valence-corrected chi connectivity index (χ4v) is 2.16. The number of imidazole rings is 1. The van der Waals surface area contributed by atoms with Crippen LogP contribution in [0, 0.1) is 11.8 Å². The molecule has 0 aliphatic rings. The summed E-state index contributed by atoms with van der Waals surface area (Å²) in [7, 11) is 0. The van der Waals surface area contributed by atoms with E-state index in [1.54, 1.807) is 0 Å². The lowest BCUT2D eigenvalue weighted by atomic mass is 10.2. The number of fused-ring (bicyclic) bond motifs is 1. The molecule has 3 heteroatoms. The smallest absolute Gasteiger partial charge is 0.156 e. The quantitative estimate of drug-likeness (QED) is 0.672. The lowest BCUT2D eigenvalue weighted by Crippen LogP contribution is -1.99. The zero-order valence-corrected chi connectivity index (χ0v) is 11.7. The number of aryl methyl sites for hydroxylation is 1. The summed E-state index contributed by atoms with van der Waals surface area (Å²) < 4.78 is 2.00. The first-order valence-corrected chi connectivity index (χ1v) is 7.02. The molecule has 2 rings (SSSR count). The Bertz CT molecular complexity index is 614. The number of nitrogen functional groups attached to an aromatic ring is 1. The van der Waals surface area contributed by atoms with Crippen LogP contribution in [0.15, 0.2) is 18.2 Å². The van der Waals surface area contributed by atoms with Crippen molar-refractivity contribution in [1.29, 1.82) is 0 Å². The van der Waals surface area contributed by atoms with E-state index in [0.29, 0.717) is 11.5 Å². The molecule has 0 amide bonds. The first-order valence-electron chi connectivity index (χ1n) is 7.02. The number of nitrogens with two attached hydrogens (primary N) is 1. The van der Waals surface area contributed by atoms with Crippen molar-refractivity contribution in [1.82, 2.24) is 9.38 Å². The Morgan fingerprint density at radius 3 is 2.84 bits per heavy atom. The van der Waals surface area contributed by atoms with Gasteiger partial charge in [-0.3, -0.25) is 4.40 Å². The van der Waals surface area contributed by atoms with Crippen LogP contribution < -0.4 is 5.73 Å². The number of nitrogens with zero attached hydrogens (tertiary/aromatic N) is 2. The molecule has 0 radical (unpaired) electrons. The topological polar surface area (TPSA) is 43.3 Å². The van der Waals surface area contributed by atoms with Gasteiger partial charge in [0.2, 0.25) is 0 Å². The number of rotatable bonds is 4. The van der Waals surface area contributed by atoms with Crippen LogP contribution in [-0.4, -0.2) is 9.38 Å². The molecule has 0 atom stereocenters. The fourth-order valence-electron chi connectivity index (χ4n) is 2.16. The van der Waals surface area contributed by atoms with E-state index in [9.17, 15) is 0 Å². The zero-order chi connectivity index (χ0) is 13.7. The van der Waals surface area contributed by atoms with E-state index < -0.39 is 0 Å². The van der Waals surface area contributed by atoms with Crippen molar-refractivity contribution in [3.63, 3.8) is 0 Å². The number of hydrogen-bond acceptors (Lipinski definition) is 2. The third-order valence-electron chi connectivity index (χ3n) is 3.23. The molecule has 0 saturated heterocycles. The van der Waals surface area contributed by atoms with Gasteiger partial charge in [-0.25, -0.2) is 4.98 Å². The monoisotopic (exact) mass is 255 g/mol. The second-order valence-electron chi connectivity index (χ2n) is 4.67. The summed E-state index contributed by atoms with van der Waals surface area (Å²) >= 11 is 0. The van der Waals surface area contributed by atoms with E-state index in [0.717, 1.165) is 24.9 Å². The standard InChI is InChI=1S/C16H21N3/c1-3-5-6-7-8-11-14-16(17)19-13(4-2)10-9-12-15(19)18-14/h9-10,12H,3-7,17H2,1-2H3. The molecule has 0 aliphatic heterocycles. The molecule has 2 aromatic heterocycles. The summed E-state index contributed by atoms with van der Waals surface area (Å²) in [5, 5.41) is 0. The number of aromatic nitrogens is 2. The number of unbranched alkanes of at least 4 members (excludes halogenated alkanes) is 3. The van der Waals surface area contributed by atoms with Crippen molar-refractivity contribution in [3.8, 4) is 11.8 Å². The lowest BCUT2D eigenvalue weighted by molar-refractivity contribution is 0.737. The average Bonchev–Trinajstić information content (AvgIpc) is 2.75. The molecule has 2 aromatic rings. The summed E-state index contributed by atoms with van der Waals surface area (Å²) in [4.78, 5) is 4.50. The lowest BCUT2D eigenvalue weighted by Gasteiger charge is -2.03. The Hall–Kier alpha value is -1.95. The van der Waals surface area contributed by atoms with Gasteiger partial charge in [-0.05, 0) is 30.9 Å². The minimum Gasteiger partial charge on any atom is -0.382 e. The molecular weight excluding hydrogens is 234 g/mol. The third kappa shape index (κ3) is 2.90. The SMILES string of the molecule is CCCCCC#Cc1nc2cccc(CC)n2c1N. The van der Waals surface area contributed by atoms with Gasteiger partial charge in [-0.15, -0.1) is 0 Å². The van der Waals surface area contributed by atoms with Crippen LogP contribution in [0.2, 0.25) is 0 Å². The van der Waals surface area contributed by atoms with Gasteiger partial charge in [0, 0.05) is 12.1 Å². The highest BCUT2D eigenvalue weighted by molar-refractivity contribution is 5.59. The van der Waals surface area contributed by atoms with Gasteiger partial charge in [0.05, 0.1) is 0 Å². The molecule has 0 bridgehead atoms. The van der Waals surface area contributed by atoms with Gasteiger partial charge < -0.3 is 5.73 Å². The predicted molar refractivity (Wildman–Crippen MR) is 80.0 cm³/mol. The summed E-state index contributed by atoms with van der Waals surface area (Å²) in [6, 6.07) is 6.06. The molecule has 2 N–H and O–H groups in total. The first kappa shape index (κ1) is 13.5. The molecule has 3 nitrogen and oxygen atoms in total. The highest BCUT2D eigenvalue weighted by Gasteiger charge is 2.08. The molecule has 2 heterocycles. The van der Waals surface area contributed by atoms with Crippen molar-refractivity contribution in [2.45, 2.75) is 46.0 Å². The van der Waals surface area contributed by atoms with E-state index in [4.69, 9.17) is 5.73 Å². The molecule has 0 unspecified atom stereocenters. The van der Waals surface area contributed by atoms with E-state index in [1.807, 2.05) is 16.5 Å². The molecule has 0 aromatic carbocycles. The Labute approximate surface area is 114 Å². The van der Waals surface area contributed by atoms with Crippen molar-refractivity contribution in [2.24, 2.45) is 0 Å². The second-order valence-corrected chi connectivity index (χ2v) is 4.67. The van der Waals surface area contributed by atoms with Crippen molar-refractivity contribution >= 4 is 11.5 Å². The number of anilines is 1. The maximum atomic E-state index is 6.15. The van der Waals surface area contributed by atoms with Gasteiger partial charge in [0.15, 0.2) is 5.69 Å². The van der Waals surface area contributed by atoms with Crippen molar-refractivity contribution < 1.29 is 0 Å². The van der Waals surface area contributed by atoms with Gasteiger partial charge in [0.1, 0.15) is 11.5 Å². The molecule has 0 aliphatic carbocycles. The van der Waals surface area contributed by atoms with E-state index in [1.165, 1.54) is 18.5 Å². The van der Waals surface area contributed by atoms with Crippen LogP contribution in [0.25, 0.3) is 5.65 Å². The van der Waals surface area contributed by atoms with Gasteiger partial charge >= 0.3 is 0 Å². The van der Waals surface area contributed by atoms with Crippen LogP contribution >= 0.6 is 0 Å². The van der Waals surface area contributed by atoms with E-state index in [2.05, 4.69) is 36.7 Å². The average molecular weight is 255 g/mol. The van der Waals surface area contributed by atoms with Crippen LogP contribution in [0.5, 0.6) is 0 Å². The molecule has 0 fully saturated rings. The van der Waals surface area contributed by atoms with Crippen LogP contribution in [0.4, 0.5) is 5.82 Å². The highest BCUT2D eigenvalue weighted by Crippen LogP contribution is 2.17. The minimum absolute atomic E-state index is 0.662. The fraction of sp³-hybridized carbons (Fsp3) is 0.438. The summed E-state index contributed by atoms with van der Waals surface area (Å²) in [5.74, 6) is 6.94. The van der Waals surface area contributed by atoms with Crippen molar-refractivity contribution in [2.75, 3.05) is 5.73 Å². The molecule has 0 saturated carbocycles. The van der Waals surface area contributed by atoms with E-state index in [-0.39, 0.29) is 0 Å². The highest BCUT2D eigenvalue weighted by atomic mass is 15.1. The maximum absolute atomic E-state index is 6.15. The molecule has 0 spiro atoms. The number of pyridine rings is 1. The predicted octanol–water partition coefficient (Wildman–Crippen LogP) is 3.41. The molecular formula is C16H21N3. The summed E-state index contributed by atoms with van der Waals surface area (Å²) in [6.45, 7) is 4.31. The Morgan fingerprint density at radius 2 is 2.11 bits per heavy atom. The summed E-state index contributed by atoms with van der Waals surface area (Å²) in [5.41, 5.74) is 8.91. The minimum atomic E-state index is 0.662. The van der Waals surface area contributed by atoms with Gasteiger partial charge in [-0.2, -0.15) is 0 Å². The maximum Gasteiger partial charge on any atom is 0.156 e. The Balaban J connectivity index is 2.27. The Kier molecular flexibility index (Phi) is 4.46. The second kappa shape index (κ2) is 6.29. The number of hydrogen-bond donors (Lipinski definition) is 1. The van der Waals surface area contributed by atoms with Crippen molar-refractivity contribution in [3.05, 3.63) is 29.6 Å². The van der Waals surface area contributed by atoms with Gasteiger partial charge in [-0.1, -0.05) is 38.7 Å². The van der Waals surface area contributed by atoms with Gasteiger partial charge in [0.25, 0.3) is 0 Å². The van der Waals surface area contributed by atoms with Crippen LogP contribution in [0.1, 0.15) is 50.9 Å². The first-order chi connectivity index (χ1) is 9.27. The van der Waals surface area contributed by atoms with E-state index >= 15 is 0 Å². The molecule has 19 heavy (non-hydrogen) atoms. The van der Waals surface area contributed by atoms with Crippen LogP contribution in [0.3, 0.4) is 0 Å². The largest absolute Gasteiger partial charge is 0.382 e. The zero-order valence-electron chi connectivity index (χ0n) is 11.7. The third-order valence-corrected chi connectivity index (χ3v) is 3.23. The Morgan fingerprint density at radius 1 is 1.26 bits per heavy atom. The molecule has 100 valence electrons.